The first kappa shape index (κ1) is 14.9. The Labute approximate surface area is 130 Å². The Kier molecular flexibility index (Phi) is 4.67. The molecule has 6 heteroatoms. The largest absolute Gasteiger partial charge is 0.497 e. The summed E-state index contributed by atoms with van der Waals surface area (Å²) in [4.78, 5) is 16.1. The molecule has 0 aliphatic heterocycles. The lowest BCUT2D eigenvalue weighted by Crippen LogP contribution is -1.98. The van der Waals surface area contributed by atoms with Gasteiger partial charge in [-0.15, -0.1) is 0 Å². The van der Waals surface area contributed by atoms with E-state index in [2.05, 4.69) is 27.5 Å². The van der Waals surface area contributed by atoms with Crippen LogP contribution in [-0.2, 0) is 0 Å². The first-order valence-corrected chi connectivity index (χ1v) is 7.77. The summed E-state index contributed by atoms with van der Waals surface area (Å²) < 4.78 is 7.64. The lowest BCUT2D eigenvalue weighted by atomic mass is 10.3. The van der Waals surface area contributed by atoms with Gasteiger partial charge >= 0.3 is 0 Å². The molecule has 0 fully saturated rings. The zero-order valence-corrected chi connectivity index (χ0v) is 13.5. The van der Waals surface area contributed by atoms with Gasteiger partial charge in [0.1, 0.15) is 16.0 Å². The molecule has 0 aliphatic rings. The molecule has 0 bridgehead atoms. The van der Waals surface area contributed by atoms with Crippen molar-refractivity contribution in [1.82, 2.24) is 9.55 Å². The van der Waals surface area contributed by atoms with Crippen molar-refractivity contribution in [2.24, 2.45) is 0 Å². The van der Waals surface area contributed by atoms with E-state index in [4.69, 9.17) is 4.74 Å². The molecule has 0 aliphatic carbocycles. The fourth-order valence-corrected chi connectivity index (χ4v) is 3.06. The van der Waals surface area contributed by atoms with E-state index in [1.165, 1.54) is 17.8 Å². The Bertz CT molecular complexity index is 650. The quantitative estimate of drug-likeness (QED) is 0.467. The van der Waals surface area contributed by atoms with E-state index < -0.39 is 0 Å². The molecule has 1 aromatic carbocycles. The average Bonchev–Trinajstić information content (AvgIpc) is 2.83. The highest BCUT2D eigenvalue weighted by atomic mass is 79.9. The van der Waals surface area contributed by atoms with Crippen LogP contribution in [0.5, 0.6) is 5.75 Å². The lowest BCUT2D eigenvalue weighted by Gasteiger charge is -2.08. The molecule has 1 aromatic heterocycles. The van der Waals surface area contributed by atoms with Gasteiger partial charge in [-0.3, -0.25) is 9.36 Å². The monoisotopic (exact) mass is 352 g/mol. The fourth-order valence-electron chi connectivity index (χ4n) is 1.73. The van der Waals surface area contributed by atoms with Crippen molar-refractivity contribution in [3.8, 4) is 11.4 Å². The number of halogens is 1. The molecule has 1 heterocycles. The number of thioether (sulfide) groups is 1. The molecule has 0 spiro atoms. The van der Waals surface area contributed by atoms with Gasteiger partial charge in [0.15, 0.2) is 5.16 Å². The SMILES string of the molecule is C=CC(=O)c1nc(SC)n(-c2ccc(OC)cc2)c1Br. The molecule has 2 aromatic rings. The predicted molar refractivity (Wildman–Crippen MR) is 84.1 cm³/mol. The van der Waals surface area contributed by atoms with Gasteiger partial charge in [0, 0.05) is 5.69 Å². The van der Waals surface area contributed by atoms with Crippen LogP contribution in [0, 0.1) is 0 Å². The van der Waals surface area contributed by atoms with Crippen molar-refractivity contribution >= 4 is 33.5 Å². The maximum absolute atomic E-state index is 11.8. The second-order valence-electron chi connectivity index (χ2n) is 3.84. The number of allylic oxidation sites excluding steroid dienone is 1. The second-order valence-corrected chi connectivity index (χ2v) is 5.36. The van der Waals surface area contributed by atoms with Crippen LogP contribution in [0.15, 0.2) is 46.7 Å². The van der Waals surface area contributed by atoms with Crippen LogP contribution < -0.4 is 4.74 Å². The highest BCUT2D eigenvalue weighted by Crippen LogP contribution is 2.29. The Morgan fingerprint density at radius 3 is 2.60 bits per heavy atom. The molecule has 0 radical (unpaired) electrons. The third-order valence-electron chi connectivity index (χ3n) is 2.72. The Morgan fingerprint density at radius 1 is 1.45 bits per heavy atom. The summed E-state index contributed by atoms with van der Waals surface area (Å²) >= 11 is 4.91. The van der Waals surface area contributed by atoms with Gasteiger partial charge in [0.05, 0.1) is 7.11 Å². The molecule has 0 N–H and O–H groups in total. The summed E-state index contributed by atoms with van der Waals surface area (Å²) in [5.41, 5.74) is 1.26. The Morgan fingerprint density at radius 2 is 2.10 bits per heavy atom. The predicted octanol–water partition coefficient (Wildman–Crippen LogP) is 3.73. The molecule has 0 saturated heterocycles. The summed E-state index contributed by atoms with van der Waals surface area (Å²) in [6.45, 7) is 3.50. The second kappa shape index (κ2) is 6.28. The molecule has 0 saturated carbocycles. The number of nitrogens with zero attached hydrogens (tertiary/aromatic N) is 2. The lowest BCUT2D eigenvalue weighted by molar-refractivity contribution is 0.104. The number of carbonyl (C=O) groups excluding carboxylic acids is 1. The van der Waals surface area contributed by atoms with Crippen molar-refractivity contribution in [3.05, 3.63) is 47.2 Å². The summed E-state index contributed by atoms with van der Waals surface area (Å²) in [5, 5.41) is 0.729. The van der Waals surface area contributed by atoms with E-state index in [1.54, 1.807) is 7.11 Å². The minimum atomic E-state index is -0.209. The number of hydrogen-bond acceptors (Lipinski definition) is 4. The van der Waals surface area contributed by atoms with Crippen LogP contribution >= 0.6 is 27.7 Å². The number of imidazole rings is 1. The van der Waals surface area contributed by atoms with Crippen molar-refractivity contribution in [2.45, 2.75) is 5.16 Å². The van der Waals surface area contributed by atoms with Crippen molar-refractivity contribution < 1.29 is 9.53 Å². The molecule has 0 atom stereocenters. The van der Waals surface area contributed by atoms with Gasteiger partial charge in [-0.05, 0) is 52.5 Å². The zero-order valence-electron chi connectivity index (χ0n) is 11.1. The average molecular weight is 353 g/mol. The van der Waals surface area contributed by atoms with Gasteiger partial charge in [0.25, 0.3) is 0 Å². The number of methoxy groups -OCH3 is 1. The highest BCUT2D eigenvalue weighted by molar-refractivity contribution is 9.10. The van der Waals surface area contributed by atoms with Crippen LogP contribution in [0.1, 0.15) is 10.5 Å². The molecular formula is C14H13BrN2O2S. The number of rotatable bonds is 5. The maximum Gasteiger partial charge on any atom is 0.206 e. The minimum absolute atomic E-state index is 0.209. The third kappa shape index (κ3) is 2.66. The van der Waals surface area contributed by atoms with Crippen LogP contribution in [-0.4, -0.2) is 28.7 Å². The van der Waals surface area contributed by atoms with Crippen LogP contribution in [0.3, 0.4) is 0 Å². The Balaban J connectivity index is 2.56. The van der Waals surface area contributed by atoms with E-state index in [0.717, 1.165) is 16.6 Å². The number of ether oxygens (including phenoxy) is 1. The third-order valence-corrected chi connectivity index (χ3v) is 4.09. The fraction of sp³-hybridized carbons (Fsp3) is 0.143. The summed E-state index contributed by atoms with van der Waals surface area (Å²) in [6, 6.07) is 7.54. The standard InChI is InChI=1S/C14H13BrN2O2S/c1-4-11(18)12-13(15)17(14(16-12)20-3)9-5-7-10(19-2)8-6-9/h4-8H,1H2,2-3H3. The summed E-state index contributed by atoms with van der Waals surface area (Å²) in [7, 11) is 1.62. The van der Waals surface area contributed by atoms with Gasteiger partial charge in [-0.1, -0.05) is 18.3 Å². The first-order chi connectivity index (χ1) is 9.62. The molecule has 104 valence electrons. The topological polar surface area (TPSA) is 44.1 Å². The number of ketones is 1. The van der Waals surface area contributed by atoms with Gasteiger partial charge in [0.2, 0.25) is 5.78 Å². The molecule has 0 amide bonds. The van der Waals surface area contributed by atoms with Gasteiger partial charge < -0.3 is 4.74 Å². The highest BCUT2D eigenvalue weighted by Gasteiger charge is 2.19. The number of hydrogen-bond donors (Lipinski definition) is 0. The first-order valence-electron chi connectivity index (χ1n) is 5.75. The molecule has 0 unspecified atom stereocenters. The normalized spacial score (nSPS) is 10.3. The number of carbonyl (C=O) groups is 1. The zero-order chi connectivity index (χ0) is 14.7. The number of benzene rings is 1. The van der Waals surface area contributed by atoms with Crippen LogP contribution in [0.4, 0.5) is 0 Å². The van der Waals surface area contributed by atoms with Crippen molar-refractivity contribution in [1.29, 1.82) is 0 Å². The smallest absolute Gasteiger partial charge is 0.206 e. The van der Waals surface area contributed by atoms with Crippen LogP contribution in [0.25, 0.3) is 5.69 Å². The van der Waals surface area contributed by atoms with Crippen molar-refractivity contribution in [3.63, 3.8) is 0 Å². The van der Waals surface area contributed by atoms with E-state index >= 15 is 0 Å². The maximum atomic E-state index is 11.8. The van der Waals surface area contributed by atoms with Crippen LogP contribution in [0.2, 0.25) is 0 Å². The molecular weight excluding hydrogens is 340 g/mol. The van der Waals surface area contributed by atoms with Gasteiger partial charge in [-0.25, -0.2) is 4.98 Å². The van der Waals surface area contributed by atoms with Gasteiger partial charge in [-0.2, -0.15) is 0 Å². The van der Waals surface area contributed by atoms with Crippen molar-refractivity contribution in [2.75, 3.05) is 13.4 Å². The van der Waals surface area contributed by atoms with E-state index in [0.29, 0.717) is 10.3 Å². The Hall–Kier alpha value is -1.53. The van der Waals surface area contributed by atoms with E-state index in [9.17, 15) is 4.79 Å². The van der Waals surface area contributed by atoms with E-state index in [1.807, 2.05) is 35.1 Å². The molecule has 4 nitrogen and oxygen atoms in total. The minimum Gasteiger partial charge on any atom is -0.497 e. The molecule has 20 heavy (non-hydrogen) atoms. The molecule has 2 rings (SSSR count). The summed E-state index contributed by atoms with van der Waals surface area (Å²) in [5.74, 6) is 0.567. The summed E-state index contributed by atoms with van der Waals surface area (Å²) in [6.07, 6.45) is 3.17. The van der Waals surface area contributed by atoms with E-state index in [-0.39, 0.29) is 5.78 Å². The number of aromatic nitrogens is 2.